The van der Waals surface area contributed by atoms with Gasteiger partial charge in [0.25, 0.3) is 0 Å². The van der Waals surface area contributed by atoms with Crippen molar-refractivity contribution < 1.29 is 4.79 Å². The van der Waals surface area contributed by atoms with Crippen molar-refractivity contribution >= 4 is 17.5 Å². The maximum Gasteiger partial charge on any atom is 0.324 e. The van der Waals surface area contributed by atoms with Gasteiger partial charge in [0.2, 0.25) is 0 Å². The van der Waals surface area contributed by atoms with Crippen LogP contribution in [0.5, 0.6) is 0 Å². The lowest BCUT2D eigenvalue weighted by Gasteiger charge is -2.05. The first-order chi connectivity index (χ1) is 8.67. The second-order valence-electron chi connectivity index (χ2n) is 3.71. The number of urea groups is 1. The summed E-state index contributed by atoms with van der Waals surface area (Å²) >= 11 is 0. The number of rotatable bonds is 2. The van der Waals surface area contributed by atoms with E-state index in [0.29, 0.717) is 17.1 Å². The van der Waals surface area contributed by atoms with E-state index in [4.69, 9.17) is 5.26 Å². The first-order valence-electron chi connectivity index (χ1n) is 5.27. The average molecular weight is 241 g/mol. The van der Waals surface area contributed by atoms with Gasteiger partial charge >= 0.3 is 6.03 Å². The van der Waals surface area contributed by atoms with Gasteiger partial charge in [-0.1, -0.05) is 6.07 Å². The SMILES string of the molecule is Cc1cc(NC(=O)Nc2cccc(C#N)c2)n[nH]1. The number of H-pyrrole nitrogens is 1. The molecule has 0 spiro atoms. The minimum Gasteiger partial charge on any atom is -0.308 e. The topological polar surface area (TPSA) is 93.6 Å². The molecule has 90 valence electrons. The van der Waals surface area contributed by atoms with Crippen LogP contribution in [-0.4, -0.2) is 16.2 Å². The molecule has 0 radical (unpaired) electrons. The lowest BCUT2D eigenvalue weighted by atomic mass is 10.2. The molecule has 6 nitrogen and oxygen atoms in total. The van der Waals surface area contributed by atoms with Crippen LogP contribution in [0, 0.1) is 18.3 Å². The van der Waals surface area contributed by atoms with Crippen molar-refractivity contribution in [1.29, 1.82) is 5.26 Å². The van der Waals surface area contributed by atoms with E-state index in [1.807, 2.05) is 13.0 Å². The molecule has 0 atom stereocenters. The Balaban J connectivity index is 2.01. The van der Waals surface area contributed by atoms with Crippen molar-refractivity contribution in [2.24, 2.45) is 0 Å². The number of nitriles is 1. The minimum atomic E-state index is -0.406. The number of aromatic nitrogens is 2. The fourth-order valence-corrected chi connectivity index (χ4v) is 1.43. The van der Waals surface area contributed by atoms with Gasteiger partial charge in [0.15, 0.2) is 5.82 Å². The van der Waals surface area contributed by atoms with Crippen LogP contribution in [0.15, 0.2) is 30.3 Å². The zero-order valence-electron chi connectivity index (χ0n) is 9.69. The number of aromatic amines is 1. The fourth-order valence-electron chi connectivity index (χ4n) is 1.43. The van der Waals surface area contributed by atoms with Crippen molar-refractivity contribution in [3.8, 4) is 6.07 Å². The standard InChI is InChI=1S/C12H11N5O/c1-8-5-11(17-16-8)15-12(18)14-10-4-2-3-9(6-10)7-13/h2-6H,1H3,(H3,14,15,16,17,18). The zero-order chi connectivity index (χ0) is 13.0. The summed E-state index contributed by atoms with van der Waals surface area (Å²) in [5.41, 5.74) is 1.90. The molecule has 1 aromatic carbocycles. The number of hydrogen-bond donors (Lipinski definition) is 3. The smallest absolute Gasteiger partial charge is 0.308 e. The molecule has 0 bridgehead atoms. The second-order valence-corrected chi connectivity index (χ2v) is 3.71. The molecule has 0 aliphatic heterocycles. The number of amides is 2. The van der Waals surface area contributed by atoms with Crippen LogP contribution < -0.4 is 10.6 Å². The second kappa shape index (κ2) is 5.01. The molecule has 0 saturated heterocycles. The van der Waals surface area contributed by atoms with Crippen molar-refractivity contribution in [2.45, 2.75) is 6.92 Å². The molecule has 1 heterocycles. The Bertz CT molecular complexity index is 611. The number of carbonyl (C=O) groups excluding carboxylic acids is 1. The number of hydrogen-bond acceptors (Lipinski definition) is 3. The summed E-state index contributed by atoms with van der Waals surface area (Å²) < 4.78 is 0. The van der Waals surface area contributed by atoms with Crippen molar-refractivity contribution in [1.82, 2.24) is 10.2 Å². The van der Waals surface area contributed by atoms with Crippen LogP contribution >= 0.6 is 0 Å². The Morgan fingerprint density at radius 3 is 2.89 bits per heavy atom. The number of carbonyl (C=O) groups is 1. The third kappa shape index (κ3) is 2.86. The van der Waals surface area contributed by atoms with E-state index in [2.05, 4.69) is 20.8 Å². The number of nitrogens with zero attached hydrogens (tertiary/aromatic N) is 2. The summed E-state index contributed by atoms with van der Waals surface area (Å²) in [6.45, 7) is 1.84. The quantitative estimate of drug-likeness (QED) is 0.752. The molecule has 2 amide bonds. The van der Waals surface area contributed by atoms with Gasteiger partial charge < -0.3 is 5.32 Å². The van der Waals surface area contributed by atoms with Gasteiger partial charge in [-0.25, -0.2) is 4.79 Å². The highest BCUT2D eigenvalue weighted by Gasteiger charge is 2.05. The minimum absolute atomic E-state index is 0.406. The number of nitrogens with one attached hydrogen (secondary N) is 3. The Morgan fingerprint density at radius 2 is 2.22 bits per heavy atom. The van der Waals surface area contributed by atoms with Gasteiger partial charge in [-0.15, -0.1) is 0 Å². The van der Waals surface area contributed by atoms with Gasteiger partial charge in [-0.3, -0.25) is 10.4 Å². The van der Waals surface area contributed by atoms with Gasteiger partial charge in [0.05, 0.1) is 11.6 Å². The molecular weight excluding hydrogens is 230 g/mol. The van der Waals surface area contributed by atoms with Crippen molar-refractivity contribution in [2.75, 3.05) is 10.6 Å². The molecule has 0 unspecified atom stereocenters. The summed E-state index contributed by atoms with van der Waals surface area (Å²) in [6.07, 6.45) is 0. The predicted octanol–water partition coefficient (Wildman–Crippen LogP) is 2.23. The van der Waals surface area contributed by atoms with Crippen molar-refractivity contribution in [3.63, 3.8) is 0 Å². The Kier molecular flexibility index (Phi) is 3.25. The lowest BCUT2D eigenvalue weighted by Crippen LogP contribution is -2.19. The molecule has 3 N–H and O–H groups in total. The van der Waals surface area contributed by atoms with Gasteiger partial charge in [0, 0.05) is 17.4 Å². The first kappa shape index (κ1) is 11.7. The predicted molar refractivity (Wildman–Crippen MR) is 67.1 cm³/mol. The summed E-state index contributed by atoms with van der Waals surface area (Å²) in [5, 5.41) is 20.5. The molecule has 1 aromatic heterocycles. The maximum absolute atomic E-state index is 11.6. The van der Waals surface area contributed by atoms with Crippen LogP contribution in [0.2, 0.25) is 0 Å². The number of anilines is 2. The van der Waals surface area contributed by atoms with E-state index in [1.54, 1.807) is 30.3 Å². The Morgan fingerprint density at radius 1 is 1.39 bits per heavy atom. The highest BCUT2D eigenvalue weighted by molar-refractivity contribution is 5.99. The molecule has 18 heavy (non-hydrogen) atoms. The highest BCUT2D eigenvalue weighted by Crippen LogP contribution is 2.10. The van der Waals surface area contributed by atoms with E-state index in [0.717, 1.165) is 5.69 Å². The van der Waals surface area contributed by atoms with E-state index in [-0.39, 0.29) is 0 Å². The molecule has 2 rings (SSSR count). The molecule has 0 aliphatic rings. The largest absolute Gasteiger partial charge is 0.324 e. The monoisotopic (exact) mass is 241 g/mol. The van der Waals surface area contributed by atoms with Gasteiger partial charge in [-0.2, -0.15) is 10.4 Å². The van der Waals surface area contributed by atoms with Crippen LogP contribution in [-0.2, 0) is 0 Å². The third-order valence-electron chi connectivity index (χ3n) is 2.20. The summed E-state index contributed by atoms with van der Waals surface area (Å²) in [7, 11) is 0. The van der Waals surface area contributed by atoms with Gasteiger partial charge in [0.1, 0.15) is 0 Å². The Hall–Kier alpha value is -2.81. The first-order valence-corrected chi connectivity index (χ1v) is 5.27. The zero-order valence-corrected chi connectivity index (χ0v) is 9.69. The molecule has 0 aliphatic carbocycles. The average Bonchev–Trinajstić information content (AvgIpc) is 2.74. The van der Waals surface area contributed by atoms with E-state index >= 15 is 0 Å². The fraction of sp³-hybridized carbons (Fsp3) is 0.0833. The molecule has 6 heteroatoms. The van der Waals surface area contributed by atoms with E-state index < -0.39 is 6.03 Å². The lowest BCUT2D eigenvalue weighted by molar-refractivity contribution is 0.262. The van der Waals surface area contributed by atoms with Crippen molar-refractivity contribution in [3.05, 3.63) is 41.6 Å². The van der Waals surface area contributed by atoms with Crippen LogP contribution in [0.25, 0.3) is 0 Å². The third-order valence-corrected chi connectivity index (χ3v) is 2.20. The normalized spacial score (nSPS) is 9.56. The van der Waals surface area contributed by atoms with E-state index in [1.165, 1.54) is 0 Å². The van der Waals surface area contributed by atoms with Crippen LogP contribution in [0.4, 0.5) is 16.3 Å². The van der Waals surface area contributed by atoms with Gasteiger partial charge in [-0.05, 0) is 25.1 Å². The summed E-state index contributed by atoms with van der Waals surface area (Å²) in [6, 6.07) is 9.98. The summed E-state index contributed by atoms with van der Waals surface area (Å²) in [4.78, 5) is 11.6. The van der Waals surface area contributed by atoms with Crippen LogP contribution in [0.1, 0.15) is 11.3 Å². The molecule has 2 aromatic rings. The maximum atomic E-state index is 11.6. The number of benzene rings is 1. The molecule has 0 saturated carbocycles. The highest BCUT2D eigenvalue weighted by atomic mass is 16.2. The van der Waals surface area contributed by atoms with E-state index in [9.17, 15) is 4.79 Å². The van der Waals surface area contributed by atoms with Crippen LogP contribution in [0.3, 0.4) is 0 Å². The molecule has 0 fully saturated rings. The Labute approximate surface area is 104 Å². The summed E-state index contributed by atoms with van der Waals surface area (Å²) in [5.74, 6) is 0.446. The molecular formula is C12H11N5O. The number of aryl methyl sites for hydroxylation is 1.